The maximum atomic E-state index is 12.4. The lowest BCUT2D eigenvalue weighted by atomic mass is 10.1. The molecule has 7 nitrogen and oxygen atoms in total. The van der Waals surface area contributed by atoms with Gasteiger partial charge in [0, 0.05) is 35.6 Å². The molecular weight excluding hydrogens is 414 g/mol. The van der Waals surface area contributed by atoms with E-state index in [0.29, 0.717) is 22.9 Å². The van der Waals surface area contributed by atoms with Gasteiger partial charge < -0.3 is 20.3 Å². The summed E-state index contributed by atoms with van der Waals surface area (Å²) < 4.78 is 6.14. The van der Waals surface area contributed by atoms with Crippen LogP contribution in [0.25, 0.3) is 10.9 Å². The van der Waals surface area contributed by atoms with Crippen molar-refractivity contribution in [1.29, 1.82) is 0 Å². The normalized spacial score (nSPS) is 10.9. The lowest BCUT2D eigenvalue weighted by Gasteiger charge is -2.13. The predicted octanol–water partition coefficient (Wildman–Crippen LogP) is 5.04. The van der Waals surface area contributed by atoms with E-state index in [1.165, 1.54) is 0 Å². The molecule has 1 amide bonds. The fraction of sp³-hybridized carbons (Fsp3) is 0.192. The van der Waals surface area contributed by atoms with Crippen LogP contribution in [0.2, 0.25) is 0 Å². The van der Waals surface area contributed by atoms with Crippen LogP contribution in [0.1, 0.15) is 16.8 Å². The van der Waals surface area contributed by atoms with Crippen LogP contribution in [-0.2, 0) is 0 Å². The molecule has 0 spiro atoms. The van der Waals surface area contributed by atoms with Gasteiger partial charge in [0.05, 0.1) is 5.52 Å². The molecule has 0 saturated carbocycles. The Labute approximate surface area is 193 Å². The van der Waals surface area contributed by atoms with Gasteiger partial charge in [0.2, 0.25) is 0 Å². The van der Waals surface area contributed by atoms with Crippen molar-refractivity contribution < 1.29 is 9.53 Å². The molecule has 0 atom stereocenters. The van der Waals surface area contributed by atoms with Crippen molar-refractivity contribution in [1.82, 2.24) is 14.9 Å². The zero-order valence-corrected chi connectivity index (χ0v) is 18.8. The Balaban J connectivity index is 1.45. The smallest absolute Gasteiger partial charge is 0.256 e. The van der Waals surface area contributed by atoms with Gasteiger partial charge in [-0.05, 0) is 87.7 Å². The average molecular weight is 442 g/mol. The molecule has 0 aliphatic heterocycles. The average Bonchev–Trinajstić information content (AvgIpc) is 2.83. The molecule has 0 saturated heterocycles. The van der Waals surface area contributed by atoms with Crippen molar-refractivity contribution >= 4 is 28.3 Å². The van der Waals surface area contributed by atoms with Crippen molar-refractivity contribution in [2.45, 2.75) is 6.42 Å². The zero-order valence-electron chi connectivity index (χ0n) is 18.8. The number of pyridine rings is 2. The van der Waals surface area contributed by atoms with Gasteiger partial charge in [-0.3, -0.25) is 9.78 Å². The molecule has 0 aliphatic rings. The minimum Gasteiger partial charge on any atom is -0.457 e. The first kappa shape index (κ1) is 22.2. The number of rotatable bonds is 9. The zero-order chi connectivity index (χ0) is 23.0. The number of ether oxygens (including phenoxy) is 1. The van der Waals surface area contributed by atoms with Crippen molar-refractivity contribution in [2.75, 3.05) is 37.8 Å². The van der Waals surface area contributed by atoms with E-state index in [1.807, 2.05) is 24.3 Å². The van der Waals surface area contributed by atoms with E-state index < -0.39 is 0 Å². The molecule has 168 valence electrons. The highest BCUT2D eigenvalue weighted by Crippen LogP contribution is 2.31. The molecule has 0 radical (unpaired) electrons. The molecule has 2 aromatic heterocycles. The second kappa shape index (κ2) is 10.6. The van der Waals surface area contributed by atoms with E-state index in [4.69, 9.17) is 4.74 Å². The Morgan fingerprint density at radius 1 is 0.970 bits per heavy atom. The third-order valence-corrected chi connectivity index (χ3v) is 5.06. The number of nitrogens with one attached hydrogen (secondary N) is 2. The molecule has 4 rings (SSSR count). The molecule has 0 fully saturated rings. The van der Waals surface area contributed by atoms with Gasteiger partial charge in [0.1, 0.15) is 17.3 Å². The summed E-state index contributed by atoms with van der Waals surface area (Å²) in [6, 6.07) is 20.3. The van der Waals surface area contributed by atoms with Gasteiger partial charge in [0.25, 0.3) is 5.91 Å². The second-order valence-electron chi connectivity index (χ2n) is 7.92. The molecular formula is C26H27N5O2. The maximum absolute atomic E-state index is 12.4. The fourth-order valence-corrected chi connectivity index (χ4v) is 3.37. The summed E-state index contributed by atoms with van der Waals surface area (Å²) in [4.78, 5) is 23.2. The summed E-state index contributed by atoms with van der Waals surface area (Å²) in [7, 11) is 4.15. The number of benzene rings is 2. The summed E-state index contributed by atoms with van der Waals surface area (Å²) in [6.45, 7) is 1.93. The van der Waals surface area contributed by atoms with Crippen LogP contribution in [0.4, 0.5) is 11.5 Å². The molecule has 33 heavy (non-hydrogen) atoms. The number of aromatic nitrogens is 2. The summed E-state index contributed by atoms with van der Waals surface area (Å²) in [5.41, 5.74) is 2.41. The summed E-state index contributed by atoms with van der Waals surface area (Å²) >= 11 is 0. The van der Waals surface area contributed by atoms with Crippen molar-refractivity contribution in [3.05, 3.63) is 84.7 Å². The highest BCUT2D eigenvalue weighted by molar-refractivity contribution is 6.03. The number of fused-ring (bicyclic) bond motifs is 1. The van der Waals surface area contributed by atoms with Gasteiger partial charge in [-0.2, -0.15) is 0 Å². The summed E-state index contributed by atoms with van der Waals surface area (Å²) in [5.74, 6) is 1.64. The number of anilines is 2. The van der Waals surface area contributed by atoms with Crippen molar-refractivity contribution in [3.8, 4) is 11.5 Å². The molecule has 2 aromatic carbocycles. The molecule has 0 aliphatic carbocycles. The number of hydrogen-bond donors (Lipinski definition) is 2. The van der Waals surface area contributed by atoms with E-state index in [0.717, 1.165) is 36.1 Å². The van der Waals surface area contributed by atoms with E-state index >= 15 is 0 Å². The van der Waals surface area contributed by atoms with Gasteiger partial charge in [-0.25, -0.2) is 4.98 Å². The standard InChI is InChI=1S/C26H27N5O2/c1-31(2)17-5-15-27-20-9-12-23-22(18-20)24(13-16-28-23)33-21-10-7-19(8-11-21)26(32)30-25-6-3-4-14-29-25/h3-4,6-14,16,18,27H,5,15,17H2,1-2H3,(H,29,30,32). The van der Waals surface area contributed by atoms with Gasteiger partial charge >= 0.3 is 0 Å². The largest absolute Gasteiger partial charge is 0.457 e. The van der Waals surface area contributed by atoms with E-state index in [2.05, 4.69) is 45.7 Å². The van der Waals surface area contributed by atoms with Crippen LogP contribution in [-0.4, -0.2) is 48.0 Å². The molecule has 0 unspecified atom stereocenters. The molecule has 4 aromatic rings. The number of amides is 1. The minimum absolute atomic E-state index is 0.223. The Morgan fingerprint density at radius 3 is 2.58 bits per heavy atom. The van der Waals surface area contributed by atoms with Crippen LogP contribution in [0, 0.1) is 0 Å². The van der Waals surface area contributed by atoms with E-state index in [9.17, 15) is 4.79 Å². The molecule has 7 heteroatoms. The monoisotopic (exact) mass is 441 g/mol. The van der Waals surface area contributed by atoms with Crippen LogP contribution < -0.4 is 15.4 Å². The van der Waals surface area contributed by atoms with Crippen LogP contribution >= 0.6 is 0 Å². The Bertz CT molecular complexity index is 1210. The Hall–Kier alpha value is -3.97. The summed E-state index contributed by atoms with van der Waals surface area (Å²) in [5, 5.41) is 7.16. The summed E-state index contributed by atoms with van der Waals surface area (Å²) in [6.07, 6.45) is 4.43. The van der Waals surface area contributed by atoms with Gasteiger partial charge in [0.15, 0.2) is 0 Å². The highest BCUT2D eigenvalue weighted by Gasteiger charge is 2.09. The van der Waals surface area contributed by atoms with Crippen LogP contribution in [0.15, 0.2) is 79.1 Å². The first-order chi connectivity index (χ1) is 16.1. The van der Waals surface area contributed by atoms with E-state index in [-0.39, 0.29) is 5.91 Å². The minimum atomic E-state index is -0.223. The SMILES string of the molecule is CN(C)CCCNc1ccc2nccc(Oc3ccc(C(=O)Nc4ccccn4)cc3)c2c1. The third kappa shape index (κ3) is 6.05. The first-order valence-electron chi connectivity index (χ1n) is 10.9. The quantitative estimate of drug-likeness (QED) is 0.354. The van der Waals surface area contributed by atoms with Crippen molar-refractivity contribution in [3.63, 3.8) is 0 Å². The Kier molecular flexibility index (Phi) is 7.12. The number of carbonyl (C=O) groups is 1. The lowest BCUT2D eigenvalue weighted by molar-refractivity contribution is 0.102. The van der Waals surface area contributed by atoms with Crippen LogP contribution in [0.3, 0.4) is 0 Å². The van der Waals surface area contributed by atoms with Gasteiger partial charge in [-0.1, -0.05) is 6.07 Å². The Morgan fingerprint density at radius 2 is 1.82 bits per heavy atom. The highest BCUT2D eigenvalue weighted by atomic mass is 16.5. The molecule has 2 heterocycles. The topological polar surface area (TPSA) is 79.4 Å². The first-order valence-corrected chi connectivity index (χ1v) is 10.9. The third-order valence-electron chi connectivity index (χ3n) is 5.06. The maximum Gasteiger partial charge on any atom is 0.256 e. The van der Waals surface area contributed by atoms with Gasteiger partial charge in [-0.15, -0.1) is 0 Å². The van der Waals surface area contributed by atoms with E-state index in [1.54, 1.807) is 48.8 Å². The fourth-order valence-electron chi connectivity index (χ4n) is 3.37. The number of nitrogens with zero attached hydrogens (tertiary/aromatic N) is 3. The molecule has 0 bridgehead atoms. The van der Waals surface area contributed by atoms with Crippen molar-refractivity contribution in [2.24, 2.45) is 0 Å². The lowest BCUT2D eigenvalue weighted by Crippen LogP contribution is -2.16. The molecule has 2 N–H and O–H groups in total. The second-order valence-corrected chi connectivity index (χ2v) is 7.92. The number of carbonyl (C=O) groups excluding carboxylic acids is 1. The van der Waals surface area contributed by atoms with Crippen LogP contribution in [0.5, 0.6) is 11.5 Å². The number of hydrogen-bond acceptors (Lipinski definition) is 6. The predicted molar refractivity (Wildman–Crippen MR) is 132 cm³/mol.